The Bertz CT molecular complexity index is 1010. The van der Waals surface area contributed by atoms with Crippen LogP contribution in [0.4, 0.5) is 4.39 Å². The first-order valence-corrected chi connectivity index (χ1v) is 6.85. The number of hydrogen-bond acceptors (Lipinski definition) is 4. The lowest BCUT2D eigenvalue weighted by Crippen LogP contribution is -2.19. The maximum Gasteiger partial charge on any atom is 0.341 e. The predicted molar refractivity (Wildman–Crippen MR) is 75.7 cm³/mol. The molecule has 2 heterocycles. The quantitative estimate of drug-likeness (QED) is 0.786. The van der Waals surface area contributed by atoms with Gasteiger partial charge < -0.3 is 14.1 Å². The molecule has 3 aromatic rings. The van der Waals surface area contributed by atoms with E-state index in [2.05, 4.69) is 4.98 Å². The van der Waals surface area contributed by atoms with Crippen LogP contribution in [-0.4, -0.2) is 20.6 Å². The molecule has 1 fully saturated rings. The van der Waals surface area contributed by atoms with Crippen LogP contribution in [0.5, 0.6) is 0 Å². The summed E-state index contributed by atoms with van der Waals surface area (Å²) >= 11 is 0. The lowest BCUT2D eigenvalue weighted by molar-refractivity contribution is 0.0695. The normalized spacial score (nSPS) is 14.8. The van der Waals surface area contributed by atoms with Gasteiger partial charge in [0.25, 0.3) is 0 Å². The monoisotopic (exact) mass is 302 g/mol. The molecule has 0 atom stereocenters. The van der Waals surface area contributed by atoms with Gasteiger partial charge in [0.2, 0.25) is 5.43 Å². The molecule has 22 heavy (non-hydrogen) atoms. The van der Waals surface area contributed by atoms with Gasteiger partial charge in [-0.25, -0.2) is 14.2 Å². The fourth-order valence-electron chi connectivity index (χ4n) is 2.75. The standard InChI is InChI=1S/C15H11FN2O4/c1-6-17-12-10(22-6)4-8-13(11(12)16)18(7-2-3-7)5-9(14(8)19)15(20)21/h4-5,7H,2-3H2,1H3,(H,20,21). The van der Waals surface area contributed by atoms with E-state index in [-0.39, 0.29) is 39.5 Å². The van der Waals surface area contributed by atoms with Gasteiger partial charge >= 0.3 is 5.97 Å². The Morgan fingerprint density at radius 2 is 2.23 bits per heavy atom. The van der Waals surface area contributed by atoms with Gasteiger partial charge in [-0.15, -0.1) is 0 Å². The molecule has 0 bridgehead atoms. The zero-order chi connectivity index (χ0) is 15.6. The lowest BCUT2D eigenvalue weighted by Gasteiger charge is -2.12. The third kappa shape index (κ3) is 1.68. The molecular formula is C15H11FN2O4. The molecule has 1 aliphatic rings. The third-order valence-corrected chi connectivity index (χ3v) is 3.89. The summed E-state index contributed by atoms with van der Waals surface area (Å²) in [7, 11) is 0. The second-order valence-corrected chi connectivity index (χ2v) is 5.48. The second-order valence-electron chi connectivity index (χ2n) is 5.48. The Morgan fingerprint density at radius 3 is 2.86 bits per heavy atom. The van der Waals surface area contributed by atoms with Crippen molar-refractivity contribution >= 4 is 28.0 Å². The number of oxazole rings is 1. The summed E-state index contributed by atoms with van der Waals surface area (Å²) in [6.45, 7) is 1.58. The number of carboxylic acid groups (broad SMARTS) is 1. The second kappa shape index (κ2) is 4.16. The number of carbonyl (C=O) groups is 1. The Morgan fingerprint density at radius 1 is 1.50 bits per heavy atom. The summed E-state index contributed by atoms with van der Waals surface area (Å²) in [6.07, 6.45) is 2.88. The minimum atomic E-state index is -1.32. The van der Waals surface area contributed by atoms with E-state index in [9.17, 15) is 19.1 Å². The van der Waals surface area contributed by atoms with E-state index in [1.165, 1.54) is 12.3 Å². The molecule has 4 rings (SSSR count). The molecule has 0 saturated heterocycles. The SMILES string of the molecule is Cc1nc2c(F)c3c(cc2o1)c(=O)c(C(=O)O)cn3C1CC1. The van der Waals surface area contributed by atoms with Crippen LogP contribution in [0.15, 0.2) is 21.5 Å². The average Bonchev–Trinajstić information content (AvgIpc) is 3.22. The molecule has 0 aliphatic heterocycles. The summed E-state index contributed by atoms with van der Waals surface area (Å²) in [5.41, 5.74) is -0.784. The highest BCUT2D eigenvalue weighted by molar-refractivity contribution is 5.97. The topological polar surface area (TPSA) is 85.3 Å². The molecule has 0 radical (unpaired) electrons. The molecule has 6 nitrogen and oxygen atoms in total. The number of carboxylic acids is 1. The maximum atomic E-state index is 14.8. The smallest absolute Gasteiger partial charge is 0.341 e. The third-order valence-electron chi connectivity index (χ3n) is 3.89. The summed E-state index contributed by atoms with van der Waals surface area (Å²) < 4.78 is 21.6. The van der Waals surface area contributed by atoms with Crippen molar-refractivity contribution in [3.63, 3.8) is 0 Å². The van der Waals surface area contributed by atoms with Gasteiger partial charge in [0.1, 0.15) is 11.1 Å². The van der Waals surface area contributed by atoms with Gasteiger partial charge in [-0.1, -0.05) is 0 Å². The summed E-state index contributed by atoms with van der Waals surface area (Å²) in [4.78, 5) is 27.6. The molecule has 1 N–H and O–H groups in total. The number of fused-ring (bicyclic) bond motifs is 2. The van der Waals surface area contributed by atoms with Gasteiger partial charge in [-0.2, -0.15) is 0 Å². The zero-order valence-corrected chi connectivity index (χ0v) is 11.6. The number of nitrogens with zero attached hydrogens (tertiary/aromatic N) is 2. The fourth-order valence-corrected chi connectivity index (χ4v) is 2.75. The number of aromatic nitrogens is 2. The molecule has 1 aromatic carbocycles. The Hall–Kier alpha value is -2.70. The number of pyridine rings is 1. The first kappa shape index (κ1) is 13.0. The summed E-state index contributed by atoms with van der Waals surface area (Å²) in [5.74, 6) is -1.69. The van der Waals surface area contributed by atoms with E-state index in [4.69, 9.17) is 4.42 Å². The number of halogens is 1. The van der Waals surface area contributed by atoms with Crippen LogP contribution < -0.4 is 5.43 Å². The zero-order valence-electron chi connectivity index (χ0n) is 11.6. The van der Waals surface area contributed by atoms with E-state index in [0.717, 1.165) is 12.8 Å². The van der Waals surface area contributed by atoms with Gasteiger partial charge in [0, 0.05) is 19.2 Å². The summed E-state index contributed by atoms with van der Waals surface area (Å²) in [6, 6.07) is 1.39. The molecule has 2 aromatic heterocycles. The van der Waals surface area contributed by atoms with Gasteiger partial charge in [-0.3, -0.25) is 4.79 Å². The average molecular weight is 302 g/mol. The van der Waals surface area contributed by atoms with Crippen LogP contribution >= 0.6 is 0 Å². The molecule has 0 spiro atoms. The van der Waals surface area contributed by atoms with Gasteiger partial charge in [0.05, 0.1) is 10.9 Å². The van der Waals surface area contributed by atoms with Crippen molar-refractivity contribution in [2.75, 3.05) is 0 Å². The molecule has 1 aliphatic carbocycles. The van der Waals surface area contributed by atoms with Crippen molar-refractivity contribution in [2.45, 2.75) is 25.8 Å². The van der Waals surface area contributed by atoms with Crippen LogP contribution in [0.1, 0.15) is 35.1 Å². The van der Waals surface area contributed by atoms with Crippen molar-refractivity contribution in [3.05, 3.63) is 39.8 Å². The Kier molecular flexibility index (Phi) is 2.46. The Balaban J connectivity index is 2.24. The number of benzene rings is 1. The van der Waals surface area contributed by atoms with Crippen molar-refractivity contribution < 1.29 is 18.7 Å². The number of rotatable bonds is 2. The minimum absolute atomic E-state index is 0.00736. The van der Waals surface area contributed by atoms with E-state index < -0.39 is 17.2 Å². The highest BCUT2D eigenvalue weighted by Crippen LogP contribution is 2.38. The van der Waals surface area contributed by atoms with Crippen molar-refractivity contribution in [1.29, 1.82) is 0 Å². The highest BCUT2D eigenvalue weighted by Gasteiger charge is 2.29. The first-order valence-electron chi connectivity index (χ1n) is 6.85. The van der Waals surface area contributed by atoms with Crippen molar-refractivity contribution in [2.24, 2.45) is 0 Å². The van der Waals surface area contributed by atoms with E-state index in [1.54, 1.807) is 11.5 Å². The predicted octanol–water partition coefficient (Wildman–Crippen LogP) is 2.62. The van der Waals surface area contributed by atoms with E-state index >= 15 is 0 Å². The number of hydrogen-bond donors (Lipinski definition) is 1. The van der Waals surface area contributed by atoms with Crippen molar-refractivity contribution in [3.8, 4) is 0 Å². The first-order chi connectivity index (χ1) is 10.5. The van der Waals surface area contributed by atoms with Gasteiger partial charge in [-0.05, 0) is 18.9 Å². The fraction of sp³-hybridized carbons (Fsp3) is 0.267. The molecule has 1 saturated carbocycles. The molecule has 7 heteroatoms. The maximum absolute atomic E-state index is 14.8. The number of aryl methyl sites for hydroxylation is 1. The molecule has 112 valence electrons. The Labute approximate surface area is 122 Å². The largest absolute Gasteiger partial charge is 0.477 e. The molecule has 0 unspecified atom stereocenters. The van der Waals surface area contributed by atoms with Crippen LogP contribution in [0.2, 0.25) is 0 Å². The van der Waals surface area contributed by atoms with E-state index in [1.807, 2.05) is 0 Å². The highest BCUT2D eigenvalue weighted by atomic mass is 19.1. The van der Waals surface area contributed by atoms with Crippen LogP contribution in [0, 0.1) is 12.7 Å². The molecular weight excluding hydrogens is 291 g/mol. The molecule has 0 amide bonds. The van der Waals surface area contributed by atoms with Gasteiger partial charge in [0.15, 0.2) is 17.3 Å². The minimum Gasteiger partial charge on any atom is -0.477 e. The van der Waals surface area contributed by atoms with Crippen LogP contribution in [0.25, 0.3) is 22.0 Å². The number of aromatic carboxylic acids is 1. The van der Waals surface area contributed by atoms with Crippen LogP contribution in [0.3, 0.4) is 0 Å². The van der Waals surface area contributed by atoms with Crippen LogP contribution in [-0.2, 0) is 0 Å². The lowest BCUT2D eigenvalue weighted by atomic mass is 10.1. The van der Waals surface area contributed by atoms with Crippen molar-refractivity contribution in [1.82, 2.24) is 9.55 Å². The summed E-state index contributed by atoms with van der Waals surface area (Å²) in [5, 5.41) is 9.20. The van der Waals surface area contributed by atoms with E-state index in [0.29, 0.717) is 0 Å².